The molecule has 1 rings (SSSR count). The van der Waals surface area contributed by atoms with Gasteiger partial charge in [0.25, 0.3) is 0 Å². The van der Waals surface area contributed by atoms with Crippen molar-refractivity contribution in [2.45, 2.75) is 52.8 Å². The van der Waals surface area contributed by atoms with Gasteiger partial charge in [-0.3, -0.25) is 4.79 Å². The first-order chi connectivity index (χ1) is 9.30. The number of aliphatic hydroxyl groups excluding tert-OH is 1. The minimum atomic E-state index is -0.105. The zero-order chi connectivity index (χ0) is 15.2. The van der Waals surface area contributed by atoms with E-state index in [1.807, 2.05) is 24.3 Å². The van der Waals surface area contributed by atoms with Crippen LogP contribution in [0.2, 0.25) is 0 Å². The molecule has 1 amide bonds. The second-order valence-electron chi connectivity index (χ2n) is 6.48. The Bertz CT molecular complexity index is 421. The quantitative estimate of drug-likeness (QED) is 0.744. The maximum Gasteiger partial charge on any atom is 0.221 e. The van der Waals surface area contributed by atoms with E-state index in [4.69, 9.17) is 10.8 Å². The third-order valence-corrected chi connectivity index (χ3v) is 3.02. The summed E-state index contributed by atoms with van der Waals surface area (Å²) in [5, 5.41) is 11.8. The fourth-order valence-electron chi connectivity index (χ4n) is 2.13. The van der Waals surface area contributed by atoms with Crippen molar-refractivity contribution in [3.63, 3.8) is 0 Å². The van der Waals surface area contributed by atoms with Crippen LogP contribution in [0.5, 0.6) is 0 Å². The van der Waals surface area contributed by atoms with E-state index in [1.54, 1.807) is 0 Å². The van der Waals surface area contributed by atoms with Crippen LogP contribution < -0.4 is 11.1 Å². The molecule has 0 heterocycles. The molecular formula is C16H26N2O2. The summed E-state index contributed by atoms with van der Waals surface area (Å²) in [4.78, 5) is 11.8. The molecule has 0 aromatic heterocycles. The van der Waals surface area contributed by atoms with Gasteiger partial charge in [0.1, 0.15) is 0 Å². The summed E-state index contributed by atoms with van der Waals surface area (Å²) in [5.74, 6) is -0.0204. The summed E-state index contributed by atoms with van der Waals surface area (Å²) >= 11 is 0. The first kappa shape index (κ1) is 16.7. The highest BCUT2D eigenvalue weighted by molar-refractivity contribution is 5.76. The van der Waals surface area contributed by atoms with Crippen LogP contribution >= 0.6 is 0 Å². The van der Waals surface area contributed by atoms with Gasteiger partial charge in [0.05, 0.1) is 6.61 Å². The number of carbonyl (C=O) groups is 1. The molecule has 0 aliphatic rings. The van der Waals surface area contributed by atoms with Gasteiger partial charge in [0.2, 0.25) is 5.91 Å². The van der Waals surface area contributed by atoms with Crippen molar-refractivity contribution in [2.24, 2.45) is 11.1 Å². The van der Waals surface area contributed by atoms with Crippen LogP contribution in [-0.4, -0.2) is 17.1 Å². The van der Waals surface area contributed by atoms with E-state index in [0.29, 0.717) is 13.0 Å². The molecule has 0 saturated carbocycles. The highest BCUT2D eigenvalue weighted by atomic mass is 16.3. The summed E-state index contributed by atoms with van der Waals surface area (Å²) in [6.07, 6.45) is 1.18. The Morgan fingerprint density at radius 2 is 1.80 bits per heavy atom. The number of nitrogens with one attached hydrogen (secondary N) is 1. The molecule has 0 bridgehead atoms. The smallest absolute Gasteiger partial charge is 0.221 e. The SMILES string of the molecule is CC(C)(C)CC(N)CC(=O)NCc1ccc(CO)cc1. The Hall–Kier alpha value is -1.39. The van der Waals surface area contributed by atoms with Gasteiger partial charge in [-0.1, -0.05) is 45.0 Å². The Labute approximate surface area is 121 Å². The molecule has 112 valence electrons. The van der Waals surface area contributed by atoms with E-state index in [2.05, 4.69) is 26.1 Å². The maximum absolute atomic E-state index is 11.8. The second kappa shape index (κ2) is 7.41. The van der Waals surface area contributed by atoms with Crippen molar-refractivity contribution >= 4 is 5.91 Å². The van der Waals surface area contributed by atoms with Crippen molar-refractivity contribution in [1.29, 1.82) is 0 Å². The Morgan fingerprint density at radius 1 is 1.25 bits per heavy atom. The van der Waals surface area contributed by atoms with Crippen molar-refractivity contribution in [1.82, 2.24) is 5.32 Å². The Kier molecular flexibility index (Phi) is 6.17. The van der Waals surface area contributed by atoms with Gasteiger partial charge in [0.15, 0.2) is 0 Å². The molecule has 0 fully saturated rings. The van der Waals surface area contributed by atoms with Crippen LogP contribution in [0.4, 0.5) is 0 Å². The first-order valence-corrected chi connectivity index (χ1v) is 7.01. The fourth-order valence-corrected chi connectivity index (χ4v) is 2.13. The zero-order valence-corrected chi connectivity index (χ0v) is 12.6. The standard InChI is InChI=1S/C16H26N2O2/c1-16(2,3)9-14(17)8-15(20)18-10-12-4-6-13(11-19)7-5-12/h4-7,14,19H,8-11,17H2,1-3H3,(H,18,20). The van der Waals surface area contributed by atoms with Crippen LogP contribution in [0.3, 0.4) is 0 Å². The summed E-state index contributed by atoms with van der Waals surface area (Å²) in [7, 11) is 0. The van der Waals surface area contributed by atoms with E-state index in [1.165, 1.54) is 0 Å². The van der Waals surface area contributed by atoms with E-state index >= 15 is 0 Å². The van der Waals surface area contributed by atoms with Crippen LogP contribution in [0.25, 0.3) is 0 Å². The van der Waals surface area contributed by atoms with Gasteiger partial charge in [-0.25, -0.2) is 0 Å². The summed E-state index contributed by atoms with van der Waals surface area (Å²) in [6.45, 7) is 6.88. The molecule has 1 aromatic carbocycles. The number of hydrogen-bond acceptors (Lipinski definition) is 3. The monoisotopic (exact) mass is 278 g/mol. The number of rotatable bonds is 6. The summed E-state index contributed by atoms with van der Waals surface area (Å²) < 4.78 is 0. The third kappa shape index (κ3) is 6.68. The molecule has 4 nitrogen and oxygen atoms in total. The maximum atomic E-state index is 11.8. The van der Waals surface area contributed by atoms with Crippen molar-refractivity contribution in [3.8, 4) is 0 Å². The molecular weight excluding hydrogens is 252 g/mol. The number of carbonyl (C=O) groups excluding carboxylic acids is 1. The number of amides is 1. The molecule has 4 heteroatoms. The van der Waals surface area contributed by atoms with E-state index in [0.717, 1.165) is 17.5 Å². The fraction of sp³-hybridized carbons (Fsp3) is 0.562. The summed E-state index contributed by atoms with van der Waals surface area (Å²) in [6, 6.07) is 7.41. The van der Waals surface area contributed by atoms with Crippen molar-refractivity contribution in [3.05, 3.63) is 35.4 Å². The molecule has 1 aromatic rings. The van der Waals surface area contributed by atoms with Gasteiger partial charge < -0.3 is 16.2 Å². The number of nitrogens with two attached hydrogens (primary N) is 1. The lowest BCUT2D eigenvalue weighted by atomic mass is 9.87. The van der Waals surface area contributed by atoms with E-state index in [9.17, 15) is 4.79 Å². The molecule has 0 aliphatic carbocycles. The summed E-state index contributed by atoms with van der Waals surface area (Å²) in [5.41, 5.74) is 8.00. The highest BCUT2D eigenvalue weighted by Crippen LogP contribution is 2.20. The average molecular weight is 278 g/mol. The normalized spacial score (nSPS) is 13.1. The van der Waals surface area contributed by atoms with Gasteiger partial charge in [-0.2, -0.15) is 0 Å². The number of hydrogen-bond donors (Lipinski definition) is 3. The Morgan fingerprint density at radius 3 is 2.30 bits per heavy atom. The molecule has 0 saturated heterocycles. The third-order valence-electron chi connectivity index (χ3n) is 3.02. The van der Waals surface area contributed by atoms with E-state index in [-0.39, 0.29) is 24.0 Å². The minimum absolute atomic E-state index is 0.0204. The van der Waals surface area contributed by atoms with Crippen LogP contribution in [0.1, 0.15) is 44.7 Å². The predicted molar refractivity (Wildman–Crippen MR) is 80.9 cm³/mol. The number of benzene rings is 1. The average Bonchev–Trinajstić information content (AvgIpc) is 2.34. The van der Waals surface area contributed by atoms with Gasteiger partial charge in [0, 0.05) is 19.0 Å². The van der Waals surface area contributed by atoms with Crippen molar-refractivity contribution < 1.29 is 9.90 Å². The molecule has 20 heavy (non-hydrogen) atoms. The lowest BCUT2D eigenvalue weighted by molar-refractivity contribution is -0.121. The van der Waals surface area contributed by atoms with Crippen molar-refractivity contribution in [2.75, 3.05) is 0 Å². The van der Waals surface area contributed by atoms with Crippen LogP contribution in [0, 0.1) is 5.41 Å². The minimum Gasteiger partial charge on any atom is -0.392 e. The van der Waals surface area contributed by atoms with Gasteiger partial charge >= 0.3 is 0 Å². The molecule has 0 aliphatic heterocycles. The zero-order valence-electron chi connectivity index (χ0n) is 12.6. The first-order valence-electron chi connectivity index (χ1n) is 7.01. The predicted octanol–water partition coefficient (Wildman–Crippen LogP) is 1.95. The highest BCUT2D eigenvalue weighted by Gasteiger charge is 2.17. The van der Waals surface area contributed by atoms with Gasteiger partial charge in [-0.15, -0.1) is 0 Å². The lowest BCUT2D eigenvalue weighted by Crippen LogP contribution is -2.33. The largest absolute Gasteiger partial charge is 0.392 e. The second-order valence-corrected chi connectivity index (χ2v) is 6.48. The topological polar surface area (TPSA) is 75.4 Å². The van der Waals surface area contributed by atoms with Gasteiger partial charge in [-0.05, 0) is 23.0 Å². The molecule has 0 radical (unpaired) electrons. The molecule has 1 unspecified atom stereocenters. The lowest BCUT2D eigenvalue weighted by Gasteiger charge is -2.22. The van der Waals surface area contributed by atoms with Crippen LogP contribution in [0.15, 0.2) is 24.3 Å². The Balaban J connectivity index is 2.35. The molecule has 1 atom stereocenters. The van der Waals surface area contributed by atoms with Crippen LogP contribution in [-0.2, 0) is 17.9 Å². The number of aliphatic hydroxyl groups is 1. The molecule has 0 spiro atoms. The molecule has 4 N–H and O–H groups in total. The van der Waals surface area contributed by atoms with E-state index < -0.39 is 0 Å².